The van der Waals surface area contributed by atoms with Gasteiger partial charge in [0.05, 0.1) is 0 Å². The van der Waals surface area contributed by atoms with Crippen LogP contribution in [0.15, 0.2) is 17.4 Å². The van der Waals surface area contributed by atoms with Crippen LogP contribution in [0.2, 0.25) is 0 Å². The van der Waals surface area contributed by atoms with E-state index in [0.717, 1.165) is 29.0 Å². The number of hydrogen-bond acceptors (Lipinski definition) is 10. The zero-order valence-electron chi connectivity index (χ0n) is 14.2. The van der Waals surface area contributed by atoms with Crippen LogP contribution in [0.25, 0.3) is 0 Å². The molecule has 134 valence electrons. The molecule has 0 aromatic carbocycles. The van der Waals surface area contributed by atoms with Crippen molar-refractivity contribution in [1.82, 2.24) is 20.4 Å². The van der Waals surface area contributed by atoms with Crippen molar-refractivity contribution < 1.29 is 0 Å². The lowest BCUT2D eigenvalue weighted by Gasteiger charge is -2.07. The second-order valence-corrected chi connectivity index (χ2v) is 12.6. The summed E-state index contributed by atoms with van der Waals surface area (Å²) in [6, 6.07) is 0. The van der Waals surface area contributed by atoms with Gasteiger partial charge in [-0.05, 0) is 40.3 Å². The molecule has 0 saturated carbocycles. The minimum Gasteiger partial charge on any atom is -0.131 e. The second-order valence-electron chi connectivity index (χ2n) is 5.22. The maximum absolute atomic E-state index is 4.29. The summed E-state index contributed by atoms with van der Waals surface area (Å²) in [7, 11) is 3.25. The molecule has 0 bridgehead atoms. The highest BCUT2D eigenvalue weighted by atomic mass is 33.1. The molecule has 0 aliphatic heterocycles. The van der Waals surface area contributed by atoms with E-state index in [2.05, 4.69) is 48.1 Å². The number of nitrogens with zero attached hydrogens (tertiary/aromatic N) is 4. The standard InChI is InChI=1S/C14H22N4S6/c1-5-9(4)8-19-11-15-17-13(21-11)23-24-14-18-16-12(22-14)20-10(6-2)7-3/h9-10H,5-8H2,1-4H3. The summed E-state index contributed by atoms with van der Waals surface area (Å²) in [4.78, 5) is 0. The van der Waals surface area contributed by atoms with Gasteiger partial charge >= 0.3 is 0 Å². The largest absolute Gasteiger partial charge is 0.186 e. The van der Waals surface area contributed by atoms with Crippen LogP contribution in [0.5, 0.6) is 0 Å². The van der Waals surface area contributed by atoms with Gasteiger partial charge in [-0.15, -0.1) is 20.4 Å². The average Bonchev–Trinajstić information content (AvgIpc) is 3.24. The lowest BCUT2D eigenvalue weighted by Crippen LogP contribution is -1.96. The maximum Gasteiger partial charge on any atom is 0.186 e. The van der Waals surface area contributed by atoms with Crippen LogP contribution in [0.1, 0.15) is 47.0 Å². The Morgan fingerprint density at radius 2 is 1.33 bits per heavy atom. The minimum absolute atomic E-state index is 0.636. The molecule has 0 spiro atoms. The second kappa shape index (κ2) is 11.3. The number of hydrogen-bond donors (Lipinski definition) is 0. The molecular weight excluding hydrogens is 417 g/mol. The third kappa shape index (κ3) is 7.03. The lowest BCUT2D eigenvalue weighted by atomic mass is 10.2. The van der Waals surface area contributed by atoms with Gasteiger partial charge < -0.3 is 0 Å². The first-order valence-electron chi connectivity index (χ1n) is 7.95. The highest BCUT2D eigenvalue weighted by Crippen LogP contribution is 2.43. The van der Waals surface area contributed by atoms with Crippen LogP contribution in [-0.4, -0.2) is 31.4 Å². The van der Waals surface area contributed by atoms with E-state index >= 15 is 0 Å². The Morgan fingerprint density at radius 3 is 1.92 bits per heavy atom. The fraction of sp³-hybridized carbons (Fsp3) is 0.714. The molecule has 0 radical (unpaired) electrons. The smallest absolute Gasteiger partial charge is 0.131 e. The zero-order chi connectivity index (χ0) is 17.4. The van der Waals surface area contributed by atoms with E-state index in [1.807, 2.05) is 11.8 Å². The Balaban J connectivity index is 1.79. The van der Waals surface area contributed by atoms with Gasteiger partial charge in [-0.25, -0.2) is 0 Å². The van der Waals surface area contributed by atoms with Gasteiger partial charge in [0.2, 0.25) is 0 Å². The Morgan fingerprint density at radius 1 is 0.792 bits per heavy atom. The summed E-state index contributed by atoms with van der Waals surface area (Å²) in [6.07, 6.45) is 3.54. The summed E-state index contributed by atoms with van der Waals surface area (Å²) >= 11 is 6.98. The van der Waals surface area contributed by atoms with E-state index in [4.69, 9.17) is 0 Å². The molecule has 0 fully saturated rings. The number of rotatable bonds is 11. The van der Waals surface area contributed by atoms with Crippen molar-refractivity contribution in [3.8, 4) is 0 Å². The topological polar surface area (TPSA) is 51.6 Å². The molecule has 0 aliphatic rings. The van der Waals surface area contributed by atoms with Crippen molar-refractivity contribution in [2.75, 3.05) is 5.75 Å². The fourth-order valence-electron chi connectivity index (χ4n) is 1.57. The third-order valence-electron chi connectivity index (χ3n) is 3.33. The Labute approximate surface area is 168 Å². The first kappa shape index (κ1) is 20.8. The van der Waals surface area contributed by atoms with Crippen LogP contribution in [0.4, 0.5) is 0 Å². The van der Waals surface area contributed by atoms with Gasteiger partial charge in [-0.1, -0.05) is 80.3 Å². The van der Waals surface area contributed by atoms with Gasteiger partial charge in [0.25, 0.3) is 0 Å². The van der Waals surface area contributed by atoms with Crippen molar-refractivity contribution in [3.63, 3.8) is 0 Å². The highest BCUT2D eigenvalue weighted by Gasteiger charge is 2.13. The SMILES string of the molecule is CCC(C)CSc1nnc(SSc2nnc(SC(CC)CC)s2)s1. The summed E-state index contributed by atoms with van der Waals surface area (Å²) in [6.45, 7) is 8.94. The first-order valence-corrected chi connectivity index (χ1v) is 13.6. The van der Waals surface area contributed by atoms with E-state index in [0.29, 0.717) is 5.25 Å². The maximum atomic E-state index is 4.29. The highest BCUT2D eigenvalue weighted by molar-refractivity contribution is 8.77. The summed E-state index contributed by atoms with van der Waals surface area (Å²) in [5.74, 6) is 1.83. The van der Waals surface area contributed by atoms with Crippen LogP contribution in [0, 0.1) is 5.92 Å². The van der Waals surface area contributed by atoms with E-state index in [-0.39, 0.29) is 0 Å². The molecule has 2 heterocycles. The zero-order valence-corrected chi connectivity index (χ0v) is 19.1. The van der Waals surface area contributed by atoms with E-state index < -0.39 is 0 Å². The van der Waals surface area contributed by atoms with Gasteiger partial charge in [-0.3, -0.25) is 0 Å². The molecule has 1 unspecified atom stereocenters. The third-order valence-corrected chi connectivity index (χ3v) is 11.2. The van der Waals surface area contributed by atoms with Crippen molar-refractivity contribution in [2.45, 2.75) is 69.6 Å². The summed E-state index contributed by atoms with van der Waals surface area (Å²) in [5, 5.41) is 17.7. The Bertz CT molecular complexity index is 598. The molecular formula is C14H22N4S6. The van der Waals surface area contributed by atoms with E-state index in [1.165, 1.54) is 19.3 Å². The lowest BCUT2D eigenvalue weighted by molar-refractivity contribution is 0.636. The molecule has 0 aliphatic carbocycles. The van der Waals surface area contributed by atoms with Crippen LogP contribution >= 0.6 is 67.8 Å². The van der Waals surface area contributed by atoms with Gasteiger partial charge in [0.15, 0.2) is 17.4 Å². The summed E-state index contributed by atoms with van der Waals surface area (Å²) < 4.78 is 4.09. The predicted octanol–water partition coefficient (Wildman–Crippen LogP) is 6.61. The Hall–Kier alpha value is 0.520. The predicted molar refractivity (Wildman–Crippen MR) is 112 cm³/mol. The quantitative estimate of drug-likeness (QED) is 0.287. The summed E-state index contributed by atoms with van der Waals surface area (Å²) in [5.41, 5.74) is 0. The molecule has 2 aromatic heterocycles. The van der Waals surface area contributed by atoms with Crippen LogP contribution < -0.4 is 0 Å². The van der Waals surface area contributed by atoms with Gasteiger partial charge in [0.1, 0.15) is 0 Å². The van der Waals surface area contributed by atoms with Crippen molar-refractivity contribution in [1.29, 1.82) is 0 Å². The molecule has 2 aromatic rings. The van der Waals surface area contributed by atoms with Crippen molar-refractivity contribution >= 4 is 67.8 Å². The normalized spacial score (nSPS) is 12.9. The van der Waals surface area contributed by atoms with Crippen LogP contribution in [0.3, 0.4) is 0 Å². The van der Waals surface area contributed by atoms with E-state index in [1.54, 1.807) is 56.0 Å². The van der Waals surface area contributed by atoms with Crippen molar-refractivity contribution in [2.24, 2.45) is 5.92 Å². The minimum atomic E-state index is 0.636. The molecule has 4 nitrogen and oxygen atoms in total. The molecule has 1 atom stereocenters. The Kier molecular flexibility index (Phi) is 9.79. The fourth-order valence-corrected chi connectivity index (χ4v) is 8.38. The number of aromatic nitrogens is 4. The molecule has 0 N–H and O–H groups in total. The van der Waals surface area contributed by atoms with Crippen LogP contribution in [-0.2, 0) is 0 Å². The molecule has 0 saturated heterocycles. The monoisotopic (exact) mass is 438 g/mol. The molecule has 24 heavy (non-hydrogen) atoms. The first-order chi connectivity index (χ1) is 11.6. The molecule has 2 rings (SSSR count). The molecule has 10 heteroatoms. The van der Waals surface area contributed by atoms with Gasteiger partial charge in [-0.2, -0.15) is 0 Å². The average molecular weight is 439 g/mol. The number of thioether (sulfide) groups is 2. The molecule has 0 amide bonds. The van der Waals surface area contributed by atoms with Gasteiger partial charge in [0, 0.05) is 11.0 Å². The van der Waals surface area contributed by atoms with Crippen molar-refractivity contribution in [3.05, 3.63) is 0 Å². The van der Waals surface area contributed by atoms with E-state index in [9.17, 15) is 0 Å².